The van der Waals surface area contributed by atoms with E-state index in [2.05, 4.69) is 4.98 Å². The predicted molar refractivity (Wildman–Crippen MR) is 70.4 cm³/mol. The van der Waals surface area contributed by atoms with Gasteiger partial charge < -0.3 is 14.4 Å². The van der Waals surface area contributed by atoms with Crippen LogP contribution in [0.5, 0.6) is 11.5 Å². The number of benzene rings is 1. The van der Waals surface area contributed by atoms with E-state index in [1.165, 1.54) is 0 Å². The number of ether oxygens (including phenoxy) is 1. The Labute approximate surface area is 111 Å². The largest absolute Gasteiger partial charge is 0.491 e. The molecule has 2 aromatic rings. The van der Waals surface area contributed by atoms with E-state index in [1.807, 2.05) is 18.2 Å². The summed E-state index contributed by atoms with van der Waals surface area (Å²) >= 11 is 0. The minimum Gasteiger partial charge on any atom is -0.456 e. The Morgan fingerprint density at radius 2 is 2.17 bits per heavy atom. The second kappa shape index (κ2) is 5.39. The van der Waals surface area contributed by atoms with Crippen molar-refractivity contribution in [2.45, 2.75) is 6.61 Å². The van der Waals surface area contributed by atoms with Crippen LogP contribution in [-0.2, 0) is 11.3 Å². The van der Waals surface area contributed by atoms with Gasteiger partial charge in [-0.3, -0.25) is 4.98 Å². The fraction of sp³-hybridized carbons (Fsp3) is 0.0833. The van der Waals surface area contributed by atoms with Gasteiger partial charge in [0.05, 0.1) is 12.8 Å². The SMILES string of the molecule is Cl.OB1OCc2ccc(Oc3cccnc3)cc21. The first-order valence-electron chi connectivity index (χ1n) is 5.33. The molecule has 0 aliphatic carbocycles. The Morgan fingerprint density at radius 3 is 2.94 bits per heavy atom. The van der Waals surface area contributed by atoms with Crippen LogP contribution in [0, 0.1) is 0 Å². The van der Waals surface area contributed by atoms with Crippen molar-refractivity contribution in [3.05, 3.63) is 48.3 Å². The maximum absolute atomic E-state index is 9.58. The minimum atomic E-state index is -0.845. The molecule has 2 heterocycles. The van der Waals surface area contributed by atoms with Gasteiger partial charge in [0, 0.05) is 6.20 Å². The van der Waals surface area contributed by atoms with Gasteiger partial charge in [-0.2, -0.15) is 0 Å². The predicted octanol–water partition coefficient (Wildman–Crippen LogP) is 1.51. The Morgan fingerprint density at radius 1 is 1.28 bits per heavy atom. The Hall–Kier alpha value is -1.56. The third-order valence-electron chi connectivity index (χ3n) is 2.65. The second-order valence-corrected chi connectivity index (χ2v) is 3.81. The third kappa shape index (κ3) is 2.48. The molecule has 4 nitrogen and oxygen atoms in total. The lowest BCUT2D eigenvalue weighted by atomic mass is 9.79. The molecule has 0 amide bonds. The number of pyridine rings is 1. The van der Waals surface area contributed by atoms with Crippen molar-refractivity contribution in [1.29, 1.82) is 0 Å². The molecule has 0 fully saturated rings. The molecule has 1 aromatic heterocycles. The van der Waals surface area contributed by atoms with E-state index in [-0.39, 0.29) is 12.4 Å². The highest BCUT2D eigenvalue weighted by atomic mass is 35.5. The molecular weight excluding hydrogens is 252 g/mol. The highest BCUT2D eigenvalue weighted by Gasteiger charge is 2.27. The molecule has 18 heavy (non-hydrogen) atoms. The summed E-state index contributed by atoms with van der Waals surface area (Å²) in [6.07, 6.45) is 3.33. The molecule has 0 radical (unpaired) electrons. The first-order chi connectivity index (χ1) is 8.33. The summed E-state index contributed by atoms with van der Waals surface area (Å²) in [5.74, 6) is 1.34. The zero-order valence-electron chi connectivity index (χ0n) is 9.45. The molecule has 6 heteroatoms. The van der Waals surface area contributed by atoms with Crippen molar-refractivity contribution in [1.82, 2.24) is 4.98 Å². The molecule has 1 N–H and O–H groups in total. The quantitative estimate of drug-likeness (QED) is 0.835. The molecule has 0 saturated carbocycles. The van der Waals surface area contributed by atoms with Crippen molar-refractivity contribution in [2.75, 3.05) is 0 Å². The minimum absolute atomic E-state index is 0. The average molecular weight is 263 g/mol. The molecule has 3 rings (SSSR count). The highest BCUT2D eigenvalue weighted by molar-refractivity contribution is 6.61. The fourth-order valence-corrected chi connectivity index (χ4v) is 1.80. The van der Waals surface area contributed by atoms with Crippen LogP contribution < -0.4 is 10.2 Å². The summed E-state index contributed by atoms with van der Waals surface area (Å²) in [5.41, 5.74) is 1.77. The highest BCUT2D eigenvalue weighted by Crippen LogP contribution is 2.21. The van der Waals surface area contributed by atoms with Gasteiger partial charge in [-0.1, -0.05) is 6.07 Å². The molecule has 0 bridgehead atoms. The molecular formula is C12H11BClNO3. The molecule has 0 atom stereocenters. The van der Waals surface area contributed by atoms with Crippen molar-refractivity contribution < 1.29 is 14.4 Å². The molecule has 1 aliphatic rings. The van der Waals surface area contributed by atoms with Gasteiger partial charge in [-0.15, -0.1) is 12.4 Å². The van der Waals surface area contributed by atoms with E-state index in [1.54, 1.807) is 24.5 Å². The number of rotatable bonds is 2. The lowest BCUT2D eigenvalue weighted by molar-refractivity contribution is 0.275. The van der Waals surface area contributed by atoms with Crippen molar-refractivity contribution in [3.8, 4) is 11.5 Å². The standard InChI is InChI=1S/C12H10BNO3.ClH/c15-13-12-6-10(4-3-9(12)8-16-13)17-11-2-1-5-14-7-11;/h1-7,15H,8H2;1H. The summed E-state index contributed by atoms with van der Waals surface area (Å²) in [4.78, 5) is 3.97. The number of aromatic nitrogens is 1. The Balaban J connectivity index is 0.00000120. The van der Waals surface area contributed by atoms with Gasteiger partial charge in [0.25, 0.3) is 0 Å². The number of hydrogen-bond donors (Lipinski definition) is 1. The van der Waals surface area contributed by atoms with Crippen LogP contribution >= 0.6 is 12.4 Å². The number of nitrogens with zero attached hydrogens (tertiary/aromatic N) is 1. The molecule has 92 valence electrons. The lowest BCUT2D eigenvalue weighted by Crippen LogP contribution is -2.27. The molecule has 0 unspecified atom stereocenters. The van der Waals surface area contributed by atoms with Crippen LogP contribution in [0.15, 0.2) is 42.7 Å². The van der Waals surface area contributed by atoms with Crippen LogP contribution in [0.4, 0.5) is 0 Å². The summed E-state index contributed by atoms with van der Waals surface area (Å²) < 4.78 is 10.7. The van der Waals surface area contributed by atoms with E-state index in [0.717, 1.165) is 11.0 Å². The van der Waals surface area contributed by atoms with E-state index >= 15 is 0 Å². The van der Waals surface area contributed by atoms with E-state index in [0.29, 0.717) is 18.1 Å². The summed E-state index contributed by atoms with van der Waals surface area (Å²) in [7, 11) is -0.845. The van der Waals surface area contributed by atoms with Crippen LogP contribution in [-0.4, -0.2) is 17.1 Å². The van der Waals surface area contributed by atoms with Crippen molar-refractivity contribution in [3.63, 3.8) is 0 Å². The van der Waals surface area contributed by atoms with Crippen molar-refractivity contribution >= 4 is 25.0 Å². The molecule has 0 saturated heterocycles. The van der Waals surface area contributed by atoms with Gasteiger partial charge in [0.1, 0.15) is 11.5 Å². The average Bonchev–Trinajstić information content (AvgIpc) is 2.73. The summed E-state index contributed by atoms with van der Waals surface area (Å²) in [6.45, 7) is 0.448. The Bertz CT molecular complexity index is 538. The molecule has 1 aromatic carbocycles. The Kier molecular flexibility index (Phi) is 3.86. The number of fused-ring (bicyclic) bond motifs is 1. The van der Waals surface area contributed by atoms with Gasteiger partial charge in [-0.25, -0.2) is 0 Å². The van der Waals surface area contributed by atoms with E-state index < -0.39 is 7.12 Å². The van der Waals surface area contributed by atoms with Gasteiger partial charge >= 0.3 is 7.12 Å². The normalized spacial score (nSPS) is 12.8. The number of hydrogen-bond acceptors (Lipinski definition) is 4. The monoisotopic (exact) mass is 263 g/mol. The zero-order valence-corrected chi connectivity index (χ0v) is 10.3. The smallest absolute Gasteiger partial charge is 0.456 e. The summed E-state index contributed by atoms with van der Waals surface area (Å²) in [6, 6.07) is 9.18. The number of halogens is 1. The zero-order chi connectivity index (χ0) is 11.7. The maximum atomic E-state index is 9.58. The first kappa shape index (κ1) is 12.9. The van der Waals surface area contributed by atoms with E-state index in [9.17, 15) is 5.02 Å². The fourth-order valence-electron chi connectivity index (χ4n) is 1.80. The van der Waals surface area contributed by atoms with Crippen LogP contribution in [0.2, 0.25) is 0 Å². The molecule has 0 spiro atoms. The van der Waals surface area contributed by atoms with Crippen LogP contribution in [0.25, 0.3) is 0 Å². The lowest BCUT2D eigenvalue weighted by Gasteiger charge is -2.06. The van der Waals surface area contributed by atoms with Crippen LogP contribution in [0.1, 0.15) is 5.56 Å². The van der Waals surface area contributed by atoms with Gasteiger partial charge in [0.2, 0.25) is 0 Å². The van der Waals surface area contributed by atoms with Gasteiger partial charge in [-0.05, 0) is 35.3 Å². The van der Waals surface area contributed by atoms with Crippen molar-refractivity contribution in [2.24, 2.45) is 0 Å². The first-order valence-corrected chi connectivity index (χ1v) is 5.33. The third-order valence-corrected chi connectivity index (χ3v) is 2.65. The van der Waals surface area contributed by atoms with E-state index in [4.69, 9.17) is 9.39 Å². The maximum Gasteiger partial charge on any atom is 0.491 e. The van der Waals surface area contributed by atoms with Gasteiger partial charge in [0.15, 0.2) is 0 Å². The summed E-state index contributed by atoms with van der Waals surface area (Å²) in [5, 5.41) is 9.58. The molecule has 1 aliphatic heterocycles. The topological polar surface area (TPSA) is 51.6 Å². The second-order valence-electron chi connectivity index (χ2n) is 3.81. The van der Waals surface area contributed by atoms with Crippen LogP contribution in [0.3, 0.4) is 0 Å².